The average molecular weight is 425 g/mol. The molecule has 0 bridgehead atoms. The second kappa shape index (κ2) is 7.60. The van der Waals surface area contributed by atoms with Crippen molar-refractivity contribution in [2.45, 2.75) is 6.10 Å². The number of aromatic nitrogens is 3. The van der Waals surface area contributed by atoms with Crippen LogP contribution in [0.4, 0.5) is 10.2 Å². The number of terminal acetylenes is 1. The maximum atomic E-state index is 14.0. The molecule has 1 aliphatic heterocycles. The number of fused-ring (bicyclic) bond motifs is 1. The molecule has 1 aliphatic rings. The quantitative estimate of drug-likeness (QED) is 0.505. The number of nitriles is 1. The molecule has 1 saturated heterocycles. The Labute approximate surface area is 182 Å². The van der Waals surface area contributed by atoms with Crippen LogP contribution in [0.25, 0.3) is 16.6 Å². The molecular formula is C24H16FN5O2. The number of halogens is 1. The van der Waals surface area contributed by atoms with E-state index in [1.165, 1.54) is 16.8 Å². The molecule has 1 fully saturated rings. The summed E-state index contributed by atoms with van der Waals surface area (Å²) < 4.78 is 21.1. The van der Waals surface area contributed by atoms with Crippen LogP contribution in [0.1, 0.15) is 11.1 Å². The van der Waals surface area contributed by atoms with Gasteiger partial charge in [-0.15, -0.1) is 11.5 Å². The zero-order chi connectivity index (χ0) is 22.2. The molecule has 4 aromatic rings. The van der Waals surface area contributed by atoms with Gasteiger partial charge in [-0.25, -0.2) is 9.50 Å². The third-order valence-electron chi connectivity index (χ3n) is 5.34. The van der Waals surface area contributed by atoms with E-state index in [4.69, 9.17) is 11.2 Å². The zero-order valence-electron chi connectivity index (χ0n) is 16.7. The Morgan fingerprint density at radius 2 is 1.97 bits per heavy atom. The van der Waals surface area contributed by atoms with Crippen molar-refractivity contribution < 1.29 is 14.2 Å². The topological polar surface area (TPSA) is 86.7 Å². The van der Waals surface area contributed by atoms with Gasteiger partial charge in [0.25, 0.3) is 5.95 Å². The smallest absolute Gasteiger partial charge is 0.251 e. The van der Waals surface area contributed by atoms with Gasteiger partial charge >= 0.3 is 0 Å². The van der Waals surface area contributed by atoms with Gasteiger partial charge in [0.2, 0.25) is 0 Å². The molecular weight excluding hydrogens is 409 g/mol. The number of benzene rings is 1. The molecule has 0 amide bonds. The first-order valence-corrected chi connectivity index (χ1v) is 9.81. The summed E-state index contributed by atoms with van der Waals surface area (Å²) in [6, 6.07) is 14.4. The van der Waals surface area contributed by atoms with Gasteiger partial charge in [0.15, 0.2) is 0 Å². The third-order valence-corrected chi connectivity index (χ3v) is 5.34. The van der Waals surface area contributed by atoms with Gasteiger partial charge in [0.1, 0.15) is 35.1 Å². The summed E-state index contributed by atoms with van der Waals surface area (Å²) in [5.74, 6) is 3.14. The van der Waals surface area contributed by atoms with Gasteiger partial charge in [-0.2, -0.15) is 9.65 Å². The highest BCUT2D eigenvalue weighted by molar-refractivity contribution is 5.85. The van der Waals surface area contributed by atoms with E-state index in [9.17, 15) is 14.8 Å². The van der Waals surface area contributed by atoms with E-state index < -0.39 is 5.95 Å². The summed E-state index contributed by atoms with van der Waals surface area (Å²) in [4.78, 5) is 6.57. The van der Waals surface area contributed by atoms with Crippen LogP contribution in [0.15, 0.2) is 54.9 Å². The van der Waals surface area contributed by atoms with Gasteiger partial charge in [-0.3, -0.25) is 0 Å². The minimum Gasteiger partial charge on any atom is -0.506 e. The van der Waals surface area contributed by atoms with Gasteiger partial charge in [0.05, 0.1) is 24.8 Å². The van der Waals surface area contributed by atoms with Crippen molar-refractivity contribution in [1.82, 2.24) is 14.6 Å². The molecule has 32 heavy (non-hydrogen) atoms. The summed E-state index contributed by atoms with van der Waals surface area (Å²) in [6.45, 7) is 1.37. The van der Waals surface area contributed by atoms with Crippen LogP contribution in [0.3, 0.4) is 0 Å². The minimum absolute atomic E-state index is 0.0480. The van der Waals surface area contributed by atoms with E-state index in [1.54, 1.807) is 6.20 Å². The summed E-state index contributed by atoms with van der Waals surface area (Å²) in [5, 5.41) is 23.0. The second-order valence-electron chi connectivity index (χ2n) is 7.40. The number of nitrogens with zero attached hydrogens (tertiary/aromatic N) is 5. The number of ether oxygens (including phenoxy) is 1. The summed E-state index contributed by atoms with van der Waals surface area (Å²) in [7, 11) is 0. The molecule has 4 heterocycles. The standard InChI is InChI=1S/C24H16FN5O2/c1-2-15-3-6-18(7-4-15)32-19-13-29(14-19)22-8-5-16(11-27-22)20-9-17(31)12-30-23(20)21(10-26)24(25)28-30/h1,3-9,11-12,19,31H,13-14H2. The van der Waals surface area contributed by atoms with E-state index in [0.717, 1.165) is 17.1 Å². The third kappa shape index (κ3) is 3.34. The zero-order valence-corrected chi connectivity index (χ0v) is 16.7. The fraction of sp³-hybridized carbons (Fsp3) is 0.125. The molecule has 0 radical (unpaired) electrons. The monoisotopic (exact) mass is 425 g/mol. The number of rotatable bonds is 4. The molecule has 8 heteroatoms. The van der Waals surface area contributed by atoms with Crippen LogP contribution in [0, 0.1) is 29.6 Å². The summed E-state index contributed by atoms with van der Waals surface area (Å²) in [6.07, 6.45) is 8.30. The van der Waals surface area contributed by atoms with Crippen molar-refractivity contribution in [1.29, 1.82) is 5.26 Å². The van der Waals surface area contributed by atoms with Crippen molar-refractivity contribution in [3.63, 3.8) is 0 Å². The van der Waals surface area contributed by atoms with Gasteiger partial charge in [-0.1, -0.05) is 5.92 Å². The normalized spacial score (nSPS) is 13.4. The van der Waals surface area contributed by atoms with Crippen LogP contribution in [-0.4, -0.2) is 38.9 Å². The van der Waals surface area contributed by atoms with Crippen molar-refractivity contribution in [2.24, 2.45) is 0 Å². The number of hydrogen-bond donors (Lipinski definition) is 1. The number of hydrogen-bond acceptors (Lipinski definition) is 6. The maximum absolute atomic E-state index is 14.0. The first-order valence-electron chi connectivity index (χ1n) is 9.81. The Morgan fingerprint density at radius 1 is 1.19 bits per heavy atom. The van der Waals surface area contributed by atoms with Crippen LogP contribution >= 0.6 is 0 Å². The van der Waals surface area contributed by atoms with E-state index >= 15 is 0 Å². The molecule has 0 atom stereocenters. The molecule has 3 aromatic heterocycles. The lowest BCUT2D eigenvalue weighted by molar-refractivity contribution is 0.167. The SMILES string of the molecule is C#Cc1ccc(OC2CN(c3ccc(-c4cc(O)cn5nc(F)c(C#N)c45)cn3)C2)cc1. The number of aromatic hydroxyl groups is 1. The molecule has 1 aromatic carbocycles. The molecule has 0 spiro atoms. The van der Waals surface area contributed by atoms with Gasteiger partial charge in [-0.05, 0) is 42.5 Å². The van der Waals surface area contributed by atoms with Crippen molar-refractivity contribution in [2.75, 3.05) is 18.0 Å². The fourth-order valence-corrected chi connectivity index (χ4v) is 3.71. The van der Waals surface area contributed by atoms with Crippen LogP contribution in [0.5, 0.6) is 11.5 Å². The summed E-state index contributed by atoms with van der Waals surface area (Å²) in [5.41, 5.74) is 2.01. The van der Waals surface area contributed by atoms with Crippen LogP contribution in [-0.2, 0) is 0 Å². The Balaban J connectivity index is 1.33. The predicted octanol–water partition coefficient (Wildman–Crippen LogP) is 3.36. The minimum atomic E-state index is -0.885. The Kier molecular flexibility index (Phi) is 4.61. The molecule has 0 unspecified atom stereocenters. The van der Waals surface area contributed by atoms with Crippen LogP contribution in [0.2, 0.25) is 0 Å². The second-order valence-corrected chi connectivity index (χ2v) is 7.40. The molecule has 1 N–H and O–H groups in total. The number of anilines is 1. The molecule has 156 valence electrons. The number of pyridine rings is 2. The molecule has 0 saturated carbocycles. The largest absolute Gasteiger partial charge is 0.506 e. The lowest BCUT2D eigenvalue weighted by Gasteiger charge is -2.39. The predicted molar refractivity (Wildman–Crippen MR) is 116 cm³/mol. The Hall–Kier alpha value is -4.56. The van der Waals surface area contributed by atoms with Crippen LogP contribution < -0.4 is 9.64 Å². The van der Waals surface area contributed by atoms with Crippen molar-refractivity contribution in [3.05, 3.63) is 71.9 Å². The molecule has 5 rings (SSSR count). The highest BCUT2D eigenvalue weighted by atomic mass is 19.1. The maximum Gasteiger partial charge on any atom is 0.251 e. The fourth-order valence-electron chi connectivity index (χ4n) is 3.71. The first-order chi connectivity index (χ1) is 15.6. The van der Waals surface area contributed by atoms with Gasteiger partial charge in [0, 0.05) is 22.9 Å². The average Bonchev–Trinajstić information content (AvgIpc) is 3.10. The van der Waals surface area contributed by atoms with Gasteiger partial charge < -0.3 is 14.7 Å². The van der Waals surface area contributed by atoms with E-state index in [0.29, 0.717) is 24.2 Å². The van der Waals surface area contributed by atoms with Crippen molar-refractivity contribution in [3.8, 4) is 41.0 Å². The molecule has 0 aliphatic carbocycles. The lowest BCUT2D eigenvalue weighted by Crippen LogP contribution is -2.54. The first kappa shape index (κ1) is 19.4. The Morgan fingerprint density at radius 3 is 2.62 bits per heavy atom. The highest BCUT2D eigenvalue weighted by Gasteiger charge is 2.29. The van der Waals surface area contributed by atoms with E-state index in [2.05, 4.69) is 20.9 Å². The Bertz CT molecular complexity index is 1390. The highest BCUT2D eigenvalue weighted by Crippen LogP contribution is 2.32. The van der Waals surface area contributed by atoms with E-state index in [1.807, 2.05) is 42.5 Å². The van der Waals surface area contributed by atoms with E-state index in [-0.39, 0.29) is 22.9 Å². The lowest BCUT2D eigenvalue weighted by atomic mass is 10.0. The molecule has 7 nitrogen and oxygen atoms in total. The van der Waals surface area contributed by atoms with Crippen molar-refractivity contribution >= 4 is 11.3 Å². The summed E-state index contributed by atoms with van der Waals surface area (Å²) >= 11 is 0.